The maximum Gasteiger partial charge on any atom is 0.325 e. The normalized spacial score (nSPS) is 14.4. The number of hydrogen-bond donors (Lipinski definition) is 0. The maximum atomic E-state index is 11.2. The van der Waals surface area contributed by atoms with Gasteiger partial charge in [0.15, 0.2) is 0 Å². The van der Waals surface area contributed by atoms with Gasteiger partial charge in [0.1, 0.15) is 5.38 Å². The van der Waals surface area contributed by atoms with Crippen LogP contribution in [0.1, 0.15) is 10.4 Å². The van der Waals surface area contributed by atoms with Crippen molar-refractivity contribution in [2.24, 2.45) is 0 Å². The number of esters is 1. The first kappa shape index (κ1) is 12.8. The fourth-order valence-corrected chi connectivity index (χ4v) is 1.93. The summed E-state index contributed by atoms with van der Waals surface area (Å²) in [6, 6.07) is 7.10. The Kier molecular flexibility index (Phi) is 4.90. The van der Waals surface area contributed by atoms with E-state index < -0.39 is 11.3 Å². The molecule has 5 heteroatoms. The van der Waals surface area contributed by atoms with Gasteiger partial charge in [0.2, 0.25) is 0 Å². The number of ether oxygens (including phenoxy) is 1. The molecule has 0 unspecified atom stereocenters. The van der Waals surface area contributed by atoms with E-state index >= 15 is 0 Å². The monoisotopic (exact) mass is 310 g/mol. The number of alkyl halides is 2. The van der Waals surface area contributed by atoms with Crippen LogP contribution in [0.4, 0.5) is 0 Å². The van der Waals surface area contributed by atoms with Crippen LogP contribution in [0.15, 0.2) is 24.3 Å². The molecule has 1 rings (SSSR count). The lowest BCUT2D eigenvalue weighted by Crippen LogP contribution is -2.20. The van der Waals surface area contributed by atoms with Gasteiger partial charge in [-0.25, -0.2) is 0 Å². The summed E-state index contributed by atoms with van der Waals surface area (Å²) in [5, 5.41) is -0.112. The fourth-order valence-electron chi connectivity index (χ4n) is 1.05. The summed E-state index contributed by atoms with van der Waals surface area (Å²) in [6.45, 7) is 0. The zero-order chi connectivity index (χ0) is 11.4. The third-order valence-corrected chi connectivity index (χ3v) is 3.92. The second kappa shape index (κ2) is 5.73. The van der Waals surface area contributed by atoms with Crippen LogP contribution in [0.5, 0.6) is 0 Å². The Morgan fingerprint density at radius 3 is 2.40 bits per heavy atom. The first-order valence-corrected chi connectivity index (χ1v) is 5.90. The lowest BCUT2D eigenvalue weighted by Gasteiger charge is -2.14. The van der Waals surface area contributed by atoms with E-state index in [1.165, 1.54) is 7.11 Å². The number of carbonyl (C=O) groups excluding carboxylic acids is 1. The molecule has 0 aliphatic rings. The predicted molar refractivity (Wildman–Crippen MR) is 64.8 cm³/mol. The van der Waals surface area contributed by atoms with E-state index in [0.717, 1.165) is 5.56 Å². The van der Waals surface area contributed by atoms with E-state index in [4.69, 9.17) is 23.2 Å². The molecule has 15 heavy (non-hydrogen) atoms. The SMILES string of the molecule is COC(=O)[C@@H](Cl)[C@@H](Br)c1ccc(Cl)cc1. The summed E-state index contributed by atoms with van der Waals surface area (Å²) < 4.78 is 4.55. The predicted octanol–water partition coefficient (Wildman–Crippen LogP) is 3.56. The molecule has 1 aromatic carbocycles. The van der Waals surface area contributed by atoms with Crippen molar-refractivity contribution in [2.45, 2.75) is 10.2 Å². The highest BCUT2D eigenvalue weighted by Gasteiger charge is 2.26. The van der Waals surface area contributed by atoms with Crippen LogP contribution in [-0.2, 0) is 9.53 Å². The fraction of sp³-hybridized carbons (Fsp3) is 0.300. The second-order valence-corrected chi connectivity index (χ2v) is 4.77. The molecule has 0 aliphatic heterocycles. The van der Waals surface area contributed by atoms with Crippen LogP contribution in [0, 0.1) is 0 Å². The molecular formula is C10H9BrCl2O2. The third kappa shape index (κ3) is 3.37. The van der Waals surface area contributed by atoms with Gasteiger partial charge < -0.3 is 4.74 Å². The number of carbonyl (C=O) groups is 1. The van der Waals surface area contributed by atoms with Gasteiger partial charge in [-0.2, -0.15) is 0 Å². The van der Waals surface area contributed by atoms with Crippen LogP contribution >= 0.6 is 39.1 Å². The second-order valence-electron chi connectivity index (χ2n) is 2.88. The van der Waals surface area contributed by atoms with Crippen molar-refractivity contribution >= 4 is 45.1 Å². The Bertz CT molecular complexity index is 340. The molecule has 0 fully saturated rings. The first-order chi connectivity index (χ1) is 7.06. The van der Waals surface area contributed by atoms with Crippen LogP contribution in [-0.4, -0.2) is 18.5 Å². The van der Waals surface area contributed by atoms with Crippen molar-refractivity contribution in [3.63, 3.8) is 0 Å². The molecule has 0 spiro atoms. The highest BCUT2D eigenvalue weighted by molar-refractivity contribution is 9.09. The molecule has 2 nitrogen and oxygen atoms in total. The average Bonchev–Trinajstić information content (AvgIpc) is 2.27. The molecule has 0 amide bonds. The standard InChI is InChI=1S/C10H9BrCl2O2/c1-15-10(14)9(13)8(11)6-2-4-7(12)5-3-6/h2-5,8-9H,1H3/t8-,9-/m0/s1. The number of methoxy groups -OCH3 is 1. The van der Waals surface area contributed by atoms with E-state index in [0.29, 0.717) is 5.02 Å². The van der Waals surface area contributed by atoms with Gasteiger partial charge in [-0.05, 0) is 17.7 Å². The lowest BCUT2D eigenvalue weighted by atomic mass is 10.1. The van der Waals surface area contributed by atoms with Crippen LogP contribution in [0.25, 0.3) is 0 Å². The van der Waals surface area contributed by atoms with Gasteiger partial charge >= 0.3 is 5.97 Å². The average molecular weight is 312 g/mol. The highest BCUT2D eigenvalue weighted by atomic mass is 79.9. The quantitative estimate of drug-likeness (QED) is 0.630. The van der Waals surface area contributed by atoms with Gasteiger partial charge in [0, 0.05) is 5.02 Å². The van der Waals surface area contributed by atoms with Crippen LogP contribution in [0.3, 0.4) is 0 Å². The lowest BCUT2D eigenvalue weighted by molar-refractivity contribution is -0.140. The summed E-state index contributed by atoms with van der Waals surface area (Å²) in [5.74, 6) is -0.464. The number of benzene rings is 1. The smallest absolute Gasteiger partial charge is 0.325 e. The Hall–Kier alpha value is -0.250. The van der Waals surface area contributed by atoms with E-state index in [1.54, 1.807) is 24.3 Å². The zero-order valence-corrected chi connectivity index (χ0v) is 11.0. The van der Waals surface area contributed by atoms with Crippen LogP contribution in [0.2, 0.25) is 5.02 Å². The Morgan fingerprint density at radius 2 is 1.93 bits per heavy atom. The summed E-state index contributed by atoms with van der Waals surface area (Å²) >= 11 is 15.0. The molecule has 0 aliphatic carbocycles. The van der Waals surface area contributed by atoms with E-state index in [9.17, 15) is 4.79 Å². The van der Waals surface area contributed by atoms with E-state index in [2.05, 4.69) is 20.7 Å². The van der Waals surface area contributed by atoms with Crippen molar-refractivity contribution in [3.05, 3.63) is 34.9 Å². The van der Waals surface area contributed by atoms with Gasteiger partial charge in [-0.15, -0.1) is 11.6 Å². The summed E-state index contributed by atoms with van der Waals surface area (Å²) in [5.41, 5.74) is 0.879. The van der Waals surface area contributed by atoms with Crippen molar-refractivity contribution in [1.82, 2.24) is 0 Å². The molecule has 0 heterocycles. The Labute approximate surface area is 107 Å². The van der Waals surface area contributed by atoms with Crippen molar-refractivity contribution in [1.29, 1.82) is 0 Å². The highest BCUT2D eigenvalue weighted by Crippen LogP contribution is 2.31. The molecule has 0 aromatic heterocycles. The molecule has 0 N–H and O–H groups in total. The molecule has 82 valence electrons. The van der Waals surface area contributed by atoms with Crippen molar-refractivity contribution < 1.29 is 9.53 Å². The molecule has 1 aromatic rings. The maximum absolute atomic E-state index is 11.2. The number of rotatable bonds is 3. The van der Waals surface area contributed by atoms with E-state index in [1.807, 2.05) is 0 Å². The molecule has 0 saturated carbocycles. The summed E-state index contributed by atoms with van der Waals surface area (Å²) in [4.78, 5) is 10.9. The minimum atomic E-state index is -0.754. The largest absolute Gasteiger partial charge is 0.468 e. The topological polar surface area (TPSA) is 26.3 Å². The molecule has 2 atom stereocenters. The van der Waals surface area contributed by atoms with Crippen molar-refractivity contribution in [3.8, 4) is 0 Å². The van der Waals surface area contributed by atoms with Gasteiger partial charge in [0.05, 0.1) is 11.9 Å². The first-order valence-electron chi connectivity index (χ1n) is 4.17. The van der Waals surface area contributed by atoms with Gasteiger partial charge in [0.25, 0.3) is 0 Å². The van der Waals surface area contributed by atoms with Crippen LogP contribution < -0.4 is 0 Å². The number of hydrogen-bond acceptors (Lipinski definition) is 2. The molecule has 0 radical (unpaired) electrons. The molecule has 0 bridgehead atoms. The Balaban J connectivity index is 2.80. The van der Waals surface area contributed by atoms with E-state index in [-0.39, 0.29) is 4.83 Å². The number of halogens is 3. The minimum Gasteiger partial charge on any atom is -0.468 e. The molecule has 0 saturated heterocycles. The van der Waals surface area contributed by atoms with Gasteiger partial charge in [-0.3, -0.25) is 4.79 Å². The van der Waals surface area contributed by atoms with Crippen molar-refractivity contribution in [2.75, 3.05) is 7.11 Å². The Morgan fingerprint density at radius 1 is 1.40 bits per heavy atom. The third-order valence-electron chi connectivity index (χ3n) is 1.87. The summed E-state index contributed by atoms with van der Waals surface area (Å²) in [7, 11) is 1.30. The summed E-state index contributed by atoms with van der Waals surface area (Å²) in [6.07, 6.45) is 0. The zero-order valence-electron chi connectivity index (χ0n) is 7.91. The molecular weight excluding hydrogens is 303 g/mol. The minimum absolute atomic E-state index is 0.288. The van der Waals surface area contributed by atoms with Gasteiger partial charge in [-0.1, -0.05) is 39.7 Å².